The number of hydrogen-bond donors (Lipinski definition) is 1. The van der Waals surface area contributed by atoms with E-state index in [1.165, 1.54) is 0 Å². The molecule has 132 valence electrons. The Labute approximate surface area is 148 Å². The van der Waals surface area contributed by atoms with Gasteiger partial charge in [-0.05, 0) is 75.8 Å². The lowest BCUT2D eigenvalue weighted by Crippen LogP contribution is -2.37. The van der Waals surface area contributed by atoms with Crippen molar-refractivity contribution in [2.45, 2.75) is 53.1 Å². The Morgan fingerprint density at radius 2 is 2.04 bits per heavy atom. The third-order valence-electron chi connectivity index (χ3n) is 4.88. The molecule has 1 saturated carbocycles. The van der Waals surface area contributed by atoms with Crippen LogP contribution in [0.2, 0.25) is 0 Å². The second-order valence-corrected chi connectivity index (χ2v) is 6.94. The van der Waals surface area contributed by atoms with Crippen LogP contribution in [0.4, 0.5) is 0 Å². The number of pyridine rings is 2. The van der Waals surface area contributed by atoms with E-state index in [1.807, 2.05) is 45.9 Å². The summed E-state index contributed by atoms with van der Waals surface area (Å²) in [6, 6.07) is 5.72. The van der Waals surface area contributed by atoms with Crippen molar-refractivity contribution in [1.29, 1.82) is 0 Å². The molecule has 5 heteroatoms. The minimum absolute atomic E-state index is 0.137. The standard InChI is InChI=1S/C20H25N3O2/c1-5-23-14(4)11-13(3)17(20(23)25)19(24)22-18(15-6-7-15)16-10-12(2)8-9-21-16/h8-11,15,18H,5-7H2,1-4H3,(H,22,24)/t18-/m1/s1. The zero-order valence-electron chi connectivity index (χ0n) is 15.3. The second kappa shape index (κ2) is 6.82. The van der Waals surface area contributed by atoms with Gasteiger partial charge in [0.2, 0.25) is 0 Å². The Kier molecular flexibility index (Phi) is 4.75. The predicted molar refractivity (Wildman–Crippen MR) is 97.8 cm³/mol. The topological polar surface area (TPSA) is 64.0 Å². The molecule has 1 fully saturated rings. The van der Waals surface area contributed by atoms with Crippen LogP contribution in [0.1, 0.15) is 58.7 Å². The highest BCUT2D eigenvalue weighted by Crippen LogP contribution is 2.40. The van der Waals surface area contributed by atoms with E-state index < -0.39 is 0 Å². The van der Waals surface area contributed by atoms with Crippen LogP contribution in [0, 0.1) is 26.7 Å². The Hall–Kier alpha value is -2.43. The van der Waals surface area contributed by atoms with Crippen LogP contribution in [0.25, 0.3) is 0 Å². The summed E-state index contributed by atoms with van der Waals surface area (Å²) in [7, 11) is 0. The van der Waals surface area contributed by atoms with Crippen LogP contribution < -0.4 is 10.9 Å². The Morgan fingerprint density at radius 3 is 2.64 bits per heavy atom. The van der Waals surface area contributed by atoms with Crippen molar-refractivity contribution in [3.63, 3.8) is 0 Å². The van der Waals surface area contributed by atoms with Crippen molar-refractivity contribution in [3.05, 3.63) is 62.8 Å². The molecule has 0 aromatic carbocycles. The molecule has 2 aromatic heterocycles. The van der Waals surface area contributed by atoms with E-state index in [4.69, 9.17) is 0 Å². The van der Waals surface area contributed by atoms with Crippen molar-refractivity contribution in [1.82, 2.24) is 14.9 Å². The van der Waals surface area contributed by atoms with E-state index in [1.54, 1.807) is 10.8 Å². The SMILES string of the molecule is CCn1c(C)cc(C)c(C(=O)N[C@@H](c2cc(C)ccn2)C2CC2)c1=O. The van der Waals surface area contributed by atoms with Gasteiger partial charge in [0, 0.05) is 18.4 Å². The highest BCUT2D eigenvalue weighted by Gasteiger charge is 2.35. The molecule has 1 aliphatic carbocycles. The molecule has 0 radical (unpaired) electrons. The Balaban J connectivity index is 1.94. The molecule has 1 amide bonds. The van der Waals surface area contributed by atoms with Crippen LogP contribution in [0.3, 0.4) is 0 Å². The minimum Gasteiger partial charge on any atom is -0.343 e. The van der Waals surface area contributed by atoms with Crippen LogP contribution in [0.5, 0.6) is 0 Å². The number of nitrogens with zero attached hydrogens (tertiary/aromatic N) is 2. The molecular weight excluding hydrogens is 314 g/mol. The van der Waals surface area contributed by atoms with Gasteiger partial charge in [-0.3, -0.25) is 14.6 Å². The fraction of sp³-hybridized carbons (Fsp3) is 0.450. The number of aromatic nitrogens is 2. The predicted octanol–water partition coefficient (Wildman–Crippen LogP) is 3.07. The maximum atomic E-state index is 12.9. The molecule has 5 nitrogen and oxygen atoms in total. The molecule has 0 bridgehead atoms. The first-order valence-corrected chi connectivity index (χ1v) is 8.86. The molecular formula is C20H25N3O2. The van der Waals surface area contributed by atoms with Gasteiger partial charge in [-0.2, -0.15) is 0 Å². The largest absolute Gasteiger partial charge is 0.343 e. The maximum absolute atomic E-state index is 12.9. The number of hydrogen-bond acceptors (Lipinski definition) is 3. The Bertz CT molecular complexity index is 866. The number of aryl methyl sites for hydroxylation is 3. The van der Waals surface area contributed by atoms with Gasteiger partial charge in [-0.15, -0.1) is 0 Å². The average Bonchev–Trinajstić information content (AvgIpc) is 3.37. The van der Waals surface area contributed by atoms with Gasteiger partial charge in [0.15, 0.2) is 0 Å². The third kappa shape index (κ3) is 3.50. The quantitative estimate of drug-likeness (QED) is 0.910. The van der Waals surface area contributed by atoms with Crippen molar-refractivity contribution in [2.75, 3.05) is 0 Å². The van der Waals surface area contributed by atoms with Gasteiger partial charge in [0.1, 0.15) is 5.56 Å². The fourth-order valence-corrected chi connectivity index (χ4v) is 3.40. The van der Waals surface area contributed by atoms with Crippen molar-refractivity contribution in [2.24, 2.45) is 5.92 Å². The smallest absolute Gasteiger partial charge is 0.263 e. The summed E-state index contributed by atoms with van der Waals surface area (Å²) in [6.07, 6.45) is 3.92. The molecule has 1 N–H and O–H groups in total. The number of carbonyl (C=O) groups is 1. The van der Waals surface area contributed by atoms with Gasteiger partial charge in [-0.25, -0.2) is 0 Å². The van der Waals surface area contributed by atoms with Crippen LogP contribution >= 0.6 is 0 Å². The van der Waals surface area contributed by atoms with Crippen LogP contribution in [0.15, 0.2) is 29.2 Å². The minimum atomic E-state index is -0.301. The molecule has 1 aliphatic rings. The lowest BCUT2D eigenvalue weighted by Gasteiger charge is -2.19. The summed E-state index contributed by atoms with van der Waals surface area (Å²) in [5.74, 6) is 0.0994. The number of rotatable bonds is 5. The van der Waals surface area contributed by atoms with E-state index in [0.29, 0.717) is 12.5 Å². The summed E-state index contributed by atoms with van der Waals surface area (Å²) < 4.78 is 1.64. The summed E-state index contributed by atoms with van der Waals surface area (Å²) in [5.41, 5.74) is 3.60. The highest BCUT2D eigenvalue weighted by atomic mass is 16.2. The van der Waals surface area contributed by atoms with E-state index in [2.05, 4.69) is 10.3 Å². The maximum Gasteiger partial charge on any atom is 0.263 e. The first-order valence-electron chi connectivity index (χ1n) is 8.86. The molecule has 2 aromatic rings. The number of carbonyl (C=O) groups excluding carboxylic acids is 1. The van der Waals surface area contributed by atoms with Gasteiger partial charge in [-0.1, -0.05) is 0 Å². The molecule has 25 heavy (non-hydrogen) atoms. The van der Waals surface area contributed by atoms with E-state index in [-0.39, 0.29) is 23.1 Å². The van der Waals surface area contributed by atoms with Gasteiger partial charge >= 0.3 is 0 Å². The summed E-state index contributed by atoms with van der Waals surface area (Å²) in [4.78, 5) is 30.1. The number of nitrogens with one attached hydrogen (secondary N) is 1. The van der Waals surface area contributed by atoms with E-state index in [9.17, 15) is 9.59 Å². The zero-order valence-corrected chi connectivity index (χ0v) is 15.3. The molecule has 3 rings (SSSR count). The summed E-state index contributed by atoms with van der Waals surface area (Å²) in [6.45, 7) is 8.19. The van der Waals surface area contributed by atoms with Gasteiger partial charge in [0.05, 0.1) is 11.7 Å². The average molecular weight is 339 g/mol. The molecule has 0 spiro atoms. The lowest BCUT2D eigenvalue weighted by molar-refractivity contribution is 0.0928. The van der Waals surface area contributed by atoms with E-state index in [0.717, 1.165) is 35.4 Å². The normalized spacial score (nSPS) is 15.0. The van der Waals surface area contributed by atoms with Gasteiger partial charge < -0.3 is 9.88 Å². The monoisotopic (exact) mass is 339 g/mol. The molecule has 0 saturated heterocycles. The Morgan fingerprint density at radius 1 is 1.32 bits per heavy atom. The van der Waals surface area contributed by atoms with Crippen LogP contribution in [-0.4, -0.2) is 15.5 Å². The molecule has 2 heterocycles. The van der Waals surface area contributed by atoms with Crippen molar-refractivity contribution in [3.8, 4) is 0 Å². The molecule has 0 aliphatic heterocycles. The fourth-order valence-electron chi connectivity index (χ4n) is 3.40. The lowest BCUT2D eigenvalue weighted by atomic mass is 10.0. The zero-order chi connectivity index (χ0) is 18.1. The van der Waals surface area contributed by atoms with Crippen molar-refractivity contribution < 1.29 is 4.79 Å². The summed E-state index contributed by atoms with van der Waals surface area (Å²) >= 11 is 0. The first-order chi connectivity index (χ1) is 11.9. The van der Waals surface area contributed by atoms with E-state index >= 15 is 0 Å². The second-order valence-electron chi connectivity index (χ2n) is 6.94. The molecule has 1 atom stereocenters. The summed E-state index contributed by atoms with van der Waals surface area (Å²) in [5, 5.41) is 3.08. The van der Waals surface area contributed by atoms with Gasteiger partial charge in [0.25, 0.3) is 11.5 Å². The first kappa shape index (κ1) is 17.4. The van der Waals surface area contributed by atoms with Crippen molar-refractivity contribution >= 4 is 5.91 Å². The highest BCUT2D eigenvalue weighted by molar-refractivity contribution is 5.95. The molecule has 0 unspecified atom stereocenters. The van der Waals surface area contributed by atoms with Crippen LogP contribution in [-0.2, 0) is 6.54 Å². The number of amides is 1. The third-order valence-corrected chi connectivity index (χ3v) is 4.88.